The molecular formula is C10H18N4. The Labute approximate surface area is 84.7 Å². The van der Waals surface area contributed by atoms with E-state index in [4.69, 9.17) is 0 Å². The van der Waals surface area contributed by atoms with Gasteiger partial charge in [0.25, 0.3) is 0 Å². The van der Waals surface area contributed by atoms with Crippen molar-refractivity contribution in [2.75, 3.05) is 19.6 Å². The van der Waals surface area contributed by atoms with Gasteiger partial charge in [-0.2, -0.15) is 5.10 Å². The van der Waals surface area contributed by atoms with Crippen LogP contribution in [0.5, 0.6) is 0 Å². The molecule has 1 unspecified atom stereocenters. The standard InChI is InChI=1S/C10H18N4/c1-14-7-4-9(13-14)3-6-12-10-2-5-11-8-10/h4,7,10-12H,2-3,5-6,8H2,1H3. The van der Waals surface area contributed by atoms with Gasteiger partial charge in [0.15, 0.2) is 0 Å². The maximum Gasteiger partial charge on any atom is 0.0637 e. The van der Waals surface area contributed by atoms with Gasteiger partial charge in [-0.1, -0.05) is 0 Å². The fourth-order valence-electron chi connectivity index (χ4n) is 1.83. The van der Waals surface area contributed by atoms with Crippen LogP contribution in [0.1, 0.15) is 12.1 Å². The molecule has 1 saturated heterocycles. The van der Waals surface area contributed by atoms with E-state index in [-0.39, 0.29) is 0 Å². The summed E-state index contributed by atoms with van der Waals surface area (Å²) in [5.74, 6) is 0. The molecule has 1 aromatic heterocycles. The van der Waals surface area contributed by atoms with Crippen LogP contribution in [0.2, 0.25) is 0 Å². The third-order valence-corrected chi connectivity index (χ3v) is 2.64. The Morgan fingerprint density at radius 3 is 3.29 bits per heavy atom. The Bertz CT molecular complexity index is 275. The van der Waals surface area contributed by atoms with Crippen LogP contribution in [0.3, 0.4) is 0 Å². The van der Waals surface area contributed by atoms with E-state index >= 15 is 0 Å². The average Bonchev–Trinajstić information content (AvgIpc) is 2.77. The van der Waals surface area contributed by atoms with Crippen LogP contribution < -0.4 is 10.6 Å². The lowest BCUT2D eigenvalue weighted by Crippen LogP contribution is -2.32. The second-order valence-corrected chi connectivity index (χ2v) is 3.87. The van der Waals surface area contributed by atoms with Crippen LogP contribution >= 0.6 is 0 Å². The van der Waals surface area contributed by atoms with Crippen molar-refractivity contribution in [2.24, 2.45) is 7.05 Å². The van der Waals surface area contributed by atoms with Gasteiger partial charge in [-0.25, -0.2) is 0 Å². The van der Waals surface area contributed by atoms with Gasteiger partial charge in [-0.3, -0.25) is 4.68 Å². The van der Waals surface area contributed by atoms with Crippen molar-refractivity contribution in [2.45, 2.75) is 18.9 Å². The van der Waals surface area contributed by atoms with E-state index in [9.17, 15) is 0 Å². The van der Waals surface area contributed by atoms with Crippen molar-refractivity contribution in [3.8, 4) is 0 Å². The van der Waals surface area contributed by atoms with Gasteiger partial charge < -0.3 is 10.6 Å². The summed E-state index contributed by atoms with van der Waals surface area (Å²) in [5, 5.41) is 11.2. The Morgan fingerprint density at radius 2 is 2.64 bits per heavy atom. The van der Waals surface area contributed by atoms with Crippen molar-refractivity contribution in [3.63, 3.8) is 0 Å². The first-order chi connectivity index (χ1) is 6.84. The fourth-order valence-corrected chi connectivity index (χ4v) is 1.83. The van der Waals surface area contributed by atoms with Gasteiger partial charge in [-0.15, -0.1) is 0 Å². The van der Waals surface area contributed by atoms with Gasteiger partial charge in [-0.05, 0) is 19.0 Å². The van der Waals surface area contributed by atoms with Gasteiger partial charge in [0.2, 0.25) is 0 Å². The number of nitrogens with one attached hydrogen (secondary N) is 2. The van der Waals surface area contributed by atoms with Gasteiger partial charge in [0, 0.05) is 38.8 Å². The molecule has 1 aromatic rings. The molecule has 0 bridgehead atoms. The summed E-state index contributed by atoms with van der Waals surface area (Å²) in [4.78, 5) is 0. The summed E-state index contributed by atoms with van der Waals surface area (Å²) in [6, 6.07) is 2.74. The minimum absolute atomic E-state index is 0.665. The van der Waals surface area contributed by atoms with Crippen molar-refractivity contribution in [3.05, 3.63) is 18.0 Å². The van der Waals surface area contributed by atoms with Crippen LogP contribution in [-0.2, 0) is 13.5 Å². The van der Waals surface area contributed by atoms with Gasteiger partial charge in [0.1, 0.15) is 0 Å². The number of aryl methyl sites for hydroxylation is 1. The molecule has 1 atom stereocenters. The molecule has 1 aliphatic rings. The Hall–Kier alpha value is -0.870. The smallest absolute Gasteiger partial charge is 0.0637 e. The number of rotatable bonds is 4. The highest BCUT2D eigenvalue weighted by atomic mass is 15.2. The lowest BCUT2D eigenvalue weighted by molar-refractivity contribution is 0.546. The molecular weight excluding hydrogens is 176 g/mol. The normalized spacial score (nSPS) is 21.6. The summed E-state index contributed by atoms with van der Waals surface area (Å²) in [5.41, 5.74) is 1.17. The largest absolute Gasteiger partial charge is 0.315 e. The molecule has 1 fully saturated rings. The van der Waals surface area contributed by atoms with E-state index in [0.717, 1.165) is 26.1 Å². The first-order valence-corrected chi connectivity index (χ1v) is 5.27. The first-order valence-electron chi connectivity index (χ1n) is 5.27. The number of hydrogen-bond donors (Lipinski definition) is 2. The van der Waals surface area contributed by atoms with Gasteiger partial charge in [0.05, 0.1) is 5.69 Å². The zero-order chi connectivity index (χ0) is 9.80. The molecule has 0 radical (unpaired) electrons. The zero-order valence-electron chi connectivity index (χ0n) is 8.66. The highest BCUT2D eigenvalue weighted by molar-refractivity contribution is 4.99. The lowest BCUT2D eigenvalue weighted by Gasteiger charge is -2.09. The van der Waals surface area contributed by atoms with E-state index in [1.807, 2.05) is 17.9 Å². The first kappa shape index (κ1) is 9.68. The summed E-state index contributed by atoms with van der Waals surface area (Å²) >= 11 is 0. The third-order valence-electron chi connectivity index (χ3n) is 2.64. The second kappa shape index (κ2) is 4.57. The predicted octanol–water partition coefficient (Wildman–Crippen LogP) is -0.0859. The minimum Gasteiger partial charge on any atom is -0.315 e. The number of hydrogen-bond acceptors (Lipinski definition) is 3. The Morgan fingerprint density at radius 1 is 1.71 bits per heavy atom. The monoisotopic (exact) mass is 194 g/mol. The molecule has 0 aromatic carbocycles. The molecule has 0 amide bonds. The third kappa shape index (κ3) is 2.56. The maximum absolute atomic E-state index is 4.34. The molecule has 4 nitrogen and oxygen atoms in total. The second-order valence-electron chi connectivity index (χ2n) is 3.87. The molecule has 0 saturated carbocycles. The quantitative estimate of drug-likeness (QED) is 0.704. The summed E-state index contributed by atoms with van der Waals surface area (Å²) in [6.07, 6.45) is 4.27. The van der Waals surface area contributed by atoms with Crippen LogP contribution in [0.25, 0.3) is 0 Å². The fraction of sp³-hybridized carbons (Fsp3) is 0.700. The lowest BCUT2D eigenvalue weighted by atomic mass is 10.2. The summed E-state index contributed by atoms with van der Waals surface area (Å²) in [6.45, 7) is 3.30. The molecule has 0 aliphatic carbocycles. The molecule has 4 heteroatoms. The average molecular weight is 194 g/mol. The van der Waals surface area contributed by atoms with Crippen LogP contribution in [0.4, 0.5) is 0 Å². The van der Waals surface area contributed by atoms with Crippen molar-refractivity contribution >= 4 is 0 Å². The molecule has 78 valence electrons. The van der Waals surface area contributed by atoms with E-state index in [1.54, 1.807) is 0 Å². The maximum atomic E-state index is 4.34. The molecule has 2 heterocycles. The Balaban J connectivity index is 1.67. The topological polar surface area (TPSA) is 41.9 Å². The van der Waals surface area contributed by atoms with E-state index in [1.165, 1.54) is 12.1 Å². The van der Waals surface area contributed by atoms with Crippen LogP contribution in [0, 0.1) is 0 Å². The zero-order valence-corrected chi connectivity index (χ0v) is 8.66. The van der Waals surface area contributed by atoms with Crippen LogP contribution in [0.15, 0.2) is 12.3 Å². The molecule has 2 N–H and O–H groups in total. The number of nitrogens with zero attached hydrogens (tertiary/aromatic N) is 2. The Kier molecular flexibility index (Phi) is 3.16. The molecule has 2 rings (SSSR count). The van der Waals surface area contributed by atoms with E-state index in [0.29, 0.717) is 6.04 Å². The van der Waals surface area contributed by atoms with Crippen molar-refractivity contribution in [1.29, 1.82) is 0 Å². The highest BCUT2D eigenvalue weighted by Crippen LogP contribution is 1.98. The predicted molar refractivity (Wildman–Crippen MR) is 56.2 cm³/mol. The van der Waals surface area contributed by atoms with Gasteiger partial charge >= 0.3 is 0 Å². The summed E-state index contributed by atoms with van der Waals surface area (Å²) < 4.78 is 1.85. The van der Waals surface area contributed by atoms with E-state index < -0.39 is 0 Å². The minimum atomic E-state index is 0.665. The summed E-state index contributed by atoms with van der Waals surface area (Å²) in [7, 11) is 1.96. The van der Waals surface area contributed by atoms with Crippen molar-refractivity contribution < 1.29 is 0 Å². The number of aromatic nitrogens is 2. The molecule has 14 heavy (non-hydrogen) atoms. The molecule has 0 spiro atoms. The van der Waals surface area contributed by atoms with Crippen LogP contribution in [-0.4, -0.2) is 35.5 Å². The molecule has 1 aliphatic heterocycles. The highest BCUT2D eigenvalue weighted by Gasteiger charge is 2.12. The van der Waals surface area contributed by atoms with E-state index in [2.05, 4.69) is 21.8 Å². The SMILES string of the molecule is Cn1ccc(CCNC2CCNC2)n1. The van der Waals surface area contributed by atoms with Crippen molar-refractivity contribution in [1.82, 2.24) is 20.4 Å².